The third-order valence-electron chi connectivity index (χ3n) is 4.99. The largest absolute Gasteiger partial charge is 0.493 e. The molecule has 2 atom stereocenters. The molecule has 0 saturated heterocycles. The quantitative estimate of drug-likeness (QED) is 0.612. The molecule has 0 fully saturated rings. The van der Waals surface area contributed by atoms with Crippen LogP contribution < -0.4 is 9.47 Å². The molecule has 136 valence electrons. The Labute approximate surface area is 162 Å². The number of hydrogen-bond acceptors (Lipinski definition) is 5. The lowest BCUT2D eigenvalue weighted by Crippen LogP contribution is -2.34. The number of nitrogens with zero attached hydrogens (tertiary/aromatic N) is 2. The molecule has 1 aromatic heterocycles. The molecule has 2 aliphatic heterocycles. The normalized spacial score (nSPS) is 20.5. The van der Waals surface area contributed by atoms with E-state index in [1.807, 2.05) is 37.3 Å². The van der Waals surface area contributed by atoms with E-state index in [2.05, 4.69) is 40.7 Å². The van der Waals surface area contributed by atoms with E-state index in [0.717, 1.165) is 29.2 Å². The van der Waals surface area contributed by atoms with Crippen molar-refractivity contribution < 1.29 is 9.47 Å². The van der Waals surface area contributed by atoms with Crippen molar-refractivity contribution in [3.05, 3.63) is 82.0 Å². The highest BCUT2D eigenvalue weighted by atomic mass is 32.1. The van der Waals surface area contributed by atoms with Gasteiger partial charge < -0.3 is 9.47 Å². The molecule has 4 nitrogen and oxygen atoms in total. The zero-order valence-electron chi connectivity index (χ0n) is 15.0. The lowest BCUT2D eigenvalue weighted by molar-refractivity contribution is -0.0205. The number of para-hydroxylation sites is 2. The molecule has 0 amide bonds. The minimum Gasteiger partial charge on any atom is -0.493 e. The molecule has 0 saturated carbocycles. The molecule has 27 heavy (non-hydrogen) atoms. The molecule has 0 spiro atoms. The van der Waals surface area contributed by atoms with E-state index in [1.54, 1.807) is 11.3 Å². The van der Waals surface area contributed by atoms with E-state index in [4.69, 9.17) is 14.6 Å². The Balaban J connectivity index is 1.61. The van der Waals surface area contributed by atoms with Gasteiger partial charge in [0.1, 0.15) is 11.5 Å². The summed E-state index contributed by atoms with van der Waals surface area (Å²) in [5.74, 6) is 1.78. The molecule has 3 aromatic rings. The summed E-state index contributed by atoms with van der Waals surface area (Å²) in [6.45, 7) is 2.62. The third kappa shape index (κ3) is 2.79. The first-order valence-corrected chi connectivity index (χ1v) is 10.1. The van der Waals surface area contributed by atoms with Crippen molar-refractivity contribution in [3.8, 4) is 11.5 Å². The number of rotatable bonds is 4. The number of fused-ring (bicyclic) bond motifs is 3. The number of thiophene rings is 1. The minimum atomic E-state index is -0.301. The molecule has 2 aromatic carbocycles. The van der Waals surface area contributed by atoms with E-state index in [1.165, 1.54) is 10.4 Å². The monoisotopic (exact) mass is 376 g/mol. The number of ether oxygens (including phenoxy) is 2. The Morgan fingerprint density at radius 2 is 1.89 bits per heavy atom. The van der Waals surface area contributed by atoms with E-state index >= 15 is 0 Å². The molecular formula is C22H20N2O2S. The van der Waals surface area contributed by atoms with Crippen LogP contribution in [0.1, 0.15) is 41.6 Å². The van der Waals surface area contributed by atoms with Gasteiger partial charge in [-0.25, -0.2) is 5.01 Å². The van der Waals surface area contributed by atoms with Crippen LogP contribution in [0.25, 0.3) is 0 Å². The Morgan fingerprint density at radius 1 is 1.07 bits per heavy atom. The summed E-state index contributed by atoms with van der Waals surface area (Å²) in [6.07, 6.45) is 0.582. The summed E-state index contributed by atoms with van der Waals surface area (Å²) < 4.78 is 12.3. The average Bonchev–Trinajstić information content (AvgIpc) is 3.38. The first-order chi connectivity index (χ1) is 13.3. The highest BCUT2D eigenvalue weighted by Crippen LogP contribution is 2.48. The predicted octanol–water partition coefficient (Wildman–Crippen LogP) is 5.39. The number of benzene rings is 2. The zero-order chi connectivity index (χ0) is 18.2. The first-order valence-electron chi connectivity index (χ1n) is 9.22. The van der Waals surface area contributed by atoms with Crippen LogP contribution in [0.4, 0.5) is 0 Å². The summed E-state index contributed by atoms with van der Waals surface area (Å²) in [4.78, 5) is 1.22. The van der Waals surface area contributed by atoms with Gasteiger partial charge in [-0.3, -0.25) is 0 Å². The fourth-order valence-corrected chi connectivity index (χ4v) is 4.52. The van der Waals surface area contributed by atoms with Crippen LogP contribution in [0.3, 0.4) is 0 Å². The molecule has 0 N–H and O–H groups in total. The second-order valence-corrected chi connectivity index (χ2v) is 7.55. The zero-order valence-corrected chi connectivity index (χ0v) is 15.9. The summed E-state index contributed by atoms with van der Waals surface area (Å²) in [6, 6.07) is 20.8. The van der Waals surface area contributed by atoms with E-state index < -0.39 is 0 Å². The van der Waals surface area contributed by atoms with Crippen LogP contribution in [0.15, 0.2) is 71.1 Å². The Kier molecular flexibility index (Phi) is 4.09. The highest BCUT2D eigenvalue weighted by molar-refractivity contribution is 7.12. The van der Waals surface area contributed by atoms with Gasteiger partial charge >= 0.3 is 0 Å². The number of hydrazone groups is 1. The van der Waals surface area contributed by atoms with Gasteiger partial charge in [0.05, 0.1) is 28.8 Å². The van der Waals surface area contributed by atoms with Gasteiger partial charge in [0.25, 0.3) is 0 Å². The molecule has 0 unspecified atom stereocenters. The van der Waals surface area contributed by atoms with Crippen LogP contribution in [0.2, 0.25) is 0 Å². The van der Waals surface area contributed by atoms with Gasteiger partial charge in [-0.15, -0.1) is 11.3 Å². The summed E-state index contributed by atoms with van der Waals surface area (Å²) in [5.41, 5.74) is 3.32. The van der Waals surface area contributed by atoms with Crippen LogP contribution in [0.5, 0.6) is 11.5 Å². The Hall–Kier alpha value is -2.79. The second-order valence-electron chi connectivity index (χ2n) is 6.60. The minimum absolute atomic E-state index is 0.173. The fraction of sp³-hybridized carbons (Fsp3) is 0.227. The van der Waals surface area contributed by atoms with Crippen LogP contribution >= 0.6 is 11.3 Å². The van der Waals surface area contributed by atoms with Gasteiger partial charge in [0.15, 0.2) is 0 Å². The van der Waals surface area contributed by atoms with Crippen molar-refractivity contribution in [1.29, 1.82) is 0 Å². The van der Waals surface area contributed by atoms with Crippen molar-refractivity contribution in [1.82, 2.24) is 5.01 Å². The Bertz CT molecular complexity index is 983. The smallest absolute Gasteiger partial charge is 0.217 e. The van der Waals surface area contributed by atoms with E-state index in [-0.39, 0.29) is 12.3 Å². The predicted molar refractivity (Wildman–Crippen MR) is 107 cm³/mol. The molecule has 0 radical (unpaired) electrons. The van der Waals surface area contributed by atoms with Crippen molar-refractivity contribution in [2.45, 2.75) is 25.6 Å². The molecule has 0 bridgehead atoms. The third-order valence-corrected chi connectivity index (χ3v) is 5.91. The fourth-order valence-electron chi connectivity index (χ4n) is 3.80. The maximum Gasteiger partial charge on any atom is 0.217 e. The van der Waals surface area contributed by atoms with E-state index in [9.17, 15) is 0 Å². The van der Waals surface area contributed by atoms with Crippen molar-refractivity contribution in [2.75, 3.05) is 6.61 Å². The molecule has 0 aliphatic carbocycles. The van der Waals surface area contributed by atoms with Gasteiger partial charge in [-0.1, -0.05) is 36.4 Å². The van der Waals surface area contributed by atoms with Crippen molar-refractivity contribution in [2.24, 2.45) is 5.10 Å². The van der Waals surface area contributed by atoms with Crippen LogP contribution in [-0.4, -0.2) is 17.3 Å². The molecule has 2 aliphatic rings. The standard InChI is InChI=1S/C22H20N2O2S/c1-2-25-19-10-5-4-9-16(19)22-24-18(15-8-3-6-11-20(15)26-22)14-17(23-24)21-12-7-13-27-21/h3-13,18,22H,2,14H2,1H3/t18-,22-/m1/s1. The average molecular weight is 376 g/mol. The van der Waals surface area contributed by atoms with Crippen molar-refractivity contribution >= 4 is 17.0 Å². The molecule has 3 heterocycles. The van der Waals surface area contributed by atoms with Gasteiger partial charge in [0.2, 0.25) is 6.23 Å². The van der Waals surface area contributed by atoms with E-state index in [0.29, 0.717) is 6.61 Å². The van der Waals surface area contributed by atoms with Gasteiger partial charge in [0, 0.05) is 12.0 Å². The molecule has 5 heteroatoms. The second kappa shape index (κ2) is 6.74. The summed E-state index contributed by atoms with van der Waals surface area (Å²) in [7, 11) is 0. The van der Waals surface area contributed by atoms with Crippen LogP contribution in [0, 0.1) is 0 Å². The van der Waals surface area contributed by atoms with Crippen LogP contribution in [-0.2, 0) is 0 Å². The first kappa shape index (κ1) is 16.4. The molecule has 5 rings (SSSR count). The SMILES string of the molecule is CCOc1ccccc1[C@H]1Oc2ccccc2[C@H]2CC(c3cccs3)=NN21. The highest BCUT2D eigenvalue weighted by Gasteiger charge is 2.41. The lowest BCUT2D eigenvalue weighted by Gasteiger charge is -2.38. The maximum absolute atomic E-state index is 6.43. The van der Waals surface area contributed by atoms with Gasteiger partial charge in [-0.2, -0.15) is 5.10 Å². The molecular weight excluding hydrogens is 356 g/mol. The summed E-state index contributed by atoms with van der Waals surface area (Å²) >= 11 is 1.73. The van der Waals surface area contributed by atoms with Crippen molar-refractivity contribution in [3.63, 3.8) is 0 Å². The lowest BCUT2D eigenvalue weighted by atomic mass is 9.97. The maximum atomic E-state index is 6.43. The number of hydrogen-bond donors (Lipinski definition) is 0. The van der Waals surface area contributed by atoms with Gasteiger partial charge in [-0.05, 0) is 36.6 Å². The summed E-state index contributed by atoms with van der Waals surface area (Å²) in [5, 5.41) is 9.20. The Morgan fingerprint density at radius 3 is 2.70 bits per heavy atom. The topological polar surface area (TPSA) is 34.1 Å².